The molecule has 0 saturated carbocycles. The van der Waals surface area contributed by atoms with E-state index in [9.17, 15) is 4.79 Å². The molecule has 0 atom stereocenters. The molecule has 2 aromatic carbocycles. The lowest BCUT2D eigenvalue weighted by molar-refractivity contribution is -0.132. The Morgan fingerprint density at radius 1 is 1.09 bits per heavy atom. The molecular weight excluding hydrogens is 424 g/mol. The maximum Gasteiger partial charge on any atom is 0.360 e. The number of ether oxygens (including phenoxy) is 2. The summed E-state index contributed by atoms with van der Waals surface area (Å²) in [6, 6.07) is 14.9. The van der Waals surface area contributed by atoms with Crippen LogP contribution in [0.4, 0.5) is 0 Å². The van der Waals surface area contributed by atoms with Crippen molar-refractivity contribution in [3.05, 3.63) is 76.5 Å². The SMILES string of the molecule is CO/N=C(/C(=O)OC)c1ccccc1CO/N=C/c1c(C)nn(C)c1Oc1ccc(C)cc1. The van der Waals surface area contributed by atoms with Crippen molar-refractivity contribution >= 4 is 17.9 Å². The van der Waals surface area contributed by atoms with Gasteiger partial charge in [0.15, 0.2) is 5.71 Å². The summed E-state index contributed by atoms with van der Waals surface area (Å²) in [5.74, 6) is 0.627. The van der Waals surface area contributed by atoms with Gasteiger partial charge in [0.25, 0.3) is 0 Å². The highest BCUT2D eigenvalue weighted by atomic mass is 16.6. The zero-order valence-electron chi connectivity index (χ0n) is 19.2. The van der Waals surface area contributed by atoms with Crippen LogP contribution in [0.3, 0.4) is 0 Å². The maximum atomic E-state index is 12.1. The number of methoxy groups -OCH3 is 1. The number of esters is 1. The first-order valence-electron chi connectivity index (χ1n) is 10.2. The van der Waals surface area contributed by atoms with Gasteiger partial charge in [-0.1, -0.05) is 52.3 Å². The lowest BCUT2D eigenvalue weighted by Gasteiger charge is -2.09. The van der Waals surface area contributed by atoms with Crippen LogP contribution in [0.5, 0.6) is 11.6 Å². The average Bonchev–Trinajstić information content (AvgIpc) is 3.08. The Hall–Kier alpha value is -4.14. The zero-order chi connectivity index (χ0) is 23.8. The van der Waals surface area contributed by atoms with Crippen molar-refractivity contribution in [2.75, 3.05) is 14.2 Å². The van der Waals surface area contributed by atoms with Crippen LogP contribution in [0.15, 0.2) is 58.8 Å². The van der Waals surface area contributed by atoms with E-state index in [1.165, 1.54) is 14.2 Å². The number of benzene rings is 2. The van der Waals surface area contributed by atoms with E-state index < -0.39 is 5.97 Å². The van der Waals surface area contributed by atoms with Crippen molar-refractivity contribution < 1.29 is 23.9 Å². The van der Waals surface area contributed by atoms with E-state index in [4.69, 9.17) is 19.1 Å². The molecule has 0 fully saturated rings. The van der Waals surface area contributed by atoms with Gasteiger partial charge >= 0.3 is 5.97 Å². The minimum absolute atomic E-state index is 0.0417. The molecule has 0 saturated heterocycles. The molecule has 0 radical (unpaired) electrons. The van der Waals surface area contributed by atoms with Crippen LogP contribution in [0, 0.1) is 13.8 Å². The molecule has 172 valence electrons. The van der Waals surface area contributed by atoms with Gasteiger partial charge in [0.2, 0.25) is 5.88 Å². The van der Waals surface area contributed by atoms with Crippen LogP contribution < -0.4 is 4.74 Å². The summed E-state index contributed by atoms with van der Waals surface area (Å²) in [5.41, 5.74) is 3.84. The second kappa shape index (κ2) is 10.9. The molecule has 0 bridgehead atoms. The average molecular weight is 450 g/mol. The van der Waals surface area contributed by atoms with Crippen LogP contribution in [-0.4, -0.2) is 41.9 Å². The number of nitrogens with zero attached hydrogens (tertiary/aromatic N) is 4. The molecule has 0 aliphatic rings. The number of carbonyl (C=O) groups excluding carboxylic acids is 1. The molecule has 0 aliphatic heterocycles. The van der Waals surface area contributed by atoms with Crippen LogP contribution in [-0.2, 0) is 32.9 Å². The first-order valence-corrected chi connectivity index (χ1v) is 10.2. The van der Waals surface area contributed by atoms with Crippen molar-refractivity contribution in [1.82, 2.24) is 9.78 Å². The van der Waals surface area contributed by atoms with Crippen LogP contribution in [0.25, 0.3) is 0 Å². The zero-order valence-corrected chi connectivity index (χ0v) is 19.2. The molecule has 0 aliphatic carbocycles. The molecule has 0 unspecified atom stereocenters. The Kier molecular flexibility index (Phi) is 7.80. The summed E-state index contributed by atoms with van der Waals surface area (Å²) in [6.07, 6.45) is 1.55. The maximum absolute atomic E-state index is 12.1. The van der Waals surface area contributed by atoms with E-state index in [-0.39, 0.29) is 12.3 Å². The highest BCUT2D eigenvalue weighted by Gasteiger charge is 2.19. The fourth-order valence-corrected chi connectivity index (χ4v) is 3.10. The van der Waals surface area contributed by atoms with E-state index in [1.54, 1.807) is 36.1 Å². The third kappa shape index (κ3) is 5.76. The standard InChI is InChI=1S/C24H26N4O5/c1-16-10-12-19(13-11-16)33-23-21(17(2)26-28(23)3)14-25-32-15-18-8-6-7-9-20(18)22(27-31-5)24(29)30-4/h6-14H,15H2,1-5H3/b25-14+,27-22+. The predicted octanol–water partition coefficient (Wildman–Crippen LogP) is 3.90. The number of rotatable bonds is 9. The highest BCUT2D eigenvalue weighted by molar-refractivity contribution is 6.43. The van der Waals surface area contributed by atoms with Gasteiger partial charge in [0.1, 0.15) is 19.5 Å². The second-order valence-corrected chi connectivity index (χ2v) is 7.12. The third-order valence-corrected chi connectivity index (χ3v) is 4.76. The Morgan fingerprint density at radius 2 is 1.82 bits per heavy atom. The number of oxime groups is 2. The molecule has 1 aromatic heterocycles. The van der Waals surface area contributed by atoms with E-state index in [2.05, 4.69) is 15.4 Å². The molecule has 1 heterocycles. The number of aromatic nitrogens is 2. The number of hydrogen-bond donors (Lipinski definition) is 0. The Bertz CT molecular complexity index is 1170. The van der Waals surface area contributed by atoms with E-state index in [0.29, 0.717) is 28.3 Å². The normalized spacial score (nSPS) is 11.5. The van der Waals surface area contributed by atoms with Crippen LogP contribution in [0.2, 0.25) is 0 Å². The summed E-state index contributed by atoms with van der Waals surface area (Å²) < 4.78 is 12.5. The van der Waals surface area contributed by atoms with Crippen molar-refractivity contribution in [3.8, 4) is 11.6 Å². The molecule has 0 spiro atoms. The van der Waals surface area contributed by atoms with Gasteiger partial charge in [-0.05, 0) is 26.0 Å². The van der Waals surface area contributed by atoms with Gasteiger partial charge < -0.3 is 19.1 Å². The van der Waals surface area contributed by atoms with Crippen molar-refractivity contribution in [2.24, 2.45) is 17.4 Å². The molecule has 9 nitrogen and oxygen atoms in total. The van der Waals surface area contributed by atoms with E-state index in [0.717, 1.165) is 11.3 Å². The molecule has 9 heteroatoms. The third-order valence-electron chi connectivity index (χ3n) is 4.76. The van der Waals surface area contributed by atoms with Gasteiger partial charge in [-0.25, -0.2) is 9.48 Å². The van der Waals surface area contributed by atoms with Gasteiger partial charge in [-0.2, -0.15) is 5.10 Å². The minimum Gasteiger partial charge on any atom is -0.464 e. The lowest BCUT2D eigenvalue weighted by atomic mass is 10.0. The number of hydrogen-bond acceptors (Lipinski definition) is 8. The first-order chi connectivity index (χ1) is 15.9. The van der Waals surface area contributed by atoms with Crippen molar-refractivity contribution in [3.63, 3.8) is 0 Å². The minimum atomic E-state index is -0.614. The number of aryl methyl sites for hydroxylation is 3. The smallest absolute Gasteiger partial charge is 0.360 e. The summed E-state index contributed by atoms with van der Waals surface area (Å²) in [5, 5.41) is 12.3. The Morgan fingerprint density at radius 3 is 2.52 bits per heavy atom. The van der Waals surface area contributed by atoms with Crippen molar-refractivity contribution in [1.29, 1.82) is 0 Å². The van der Waals surface area contributed by atoms with Gasteiger partial charge in [-0.15, -0.1) is 0 Å². The highest BCUT2D eigenvalue weighted by Crippen LogP contribution is 2.26. The van der Waals surface area contributed by atoms with E-state index >= 15 is 0 Å². The molecule has 3 rings (SSSR count). The molecular formula is C24H26N4O5. The topological polar surface area (TPSA) is 96.5 Å². The number of carbonyl (C=O) groups is 1. The Labute approximate surface area is 192 Å². The first kappa shape index (κ1) is 23.5. The van der Waals surface area contributed by atoms with Crippen LogP contribution in [0.1, 0.15) is 27.9 Å². The summed E-state index contributed by atoms with van der Waals surface area (Å²) in [6.45, 7) is 3.98. The van der Waals surface area contributed by atoms with Gasteiger partial charge in [0, 0.05) is 18.2 Å². The van der Waals surface area contributed by atoms with E-state index in [1.807, 2.05) is 44.2 Å². The van der Waals surface area contributed by atoms with Gasteiger partial charge in [0.05, 0.1) is 24.6 Å². The van der Waals surface area contributed by atoms with Gasteiger partial charge in [-0.3, -0.25) is 0 Å². The summed E-state index contributed by atoms with van der Waals surface area (Å²) >= 11 is 0. The molecule has 33 heavy (non-hydrogen) atoms. The quantitative estimate of drug-likeness (QED) is 0.279. The lowest BCUT2D eigenvalue weighted by Crippen LogP contribution is -2.19. The largest absolute Gasteiger partial charge is 0.464 e. The summed E-state index contributed by atoms with van der Waals surface area (Å²) in [7, 11) is 4.44. The van der Waals surface area contributed by atoms with Crippen molar-refractivity contribution in [2.45, 2.75) is 20.5 Å². The summed E-state index contributed by atoms with van der Waals surface area (Å²) in [4.78, 5) is 22.4. The molecule has 0 N–H and O–H groups in total. The predicted molar refractivity (Wildman–Crippen MR) is 124 cm³/mol. The fourth-order valence-electron chi connectivity index (χ4n) is 3.10. The second-order valence-electron chi connectivity index (χ2n) is 7.12. The Balaban J connectivity index is 1.77. The molecule has 3 aromatic rings. The molecule has 0 amide bonds. The monoisotopic (exact) mass is 450 g/mol. The van der Waals surface area contributed by atoms with Crippen LogP contribution >= 0.6 is 0 Å². The fraction of sp³-hybridized carbons (Fsp3) is 0.250.